The first-order chi connectivity index (χ1) is 14.1. The fraction of sp³-hybridized carbons (Fsp3) is 0.167. The van der Waals surface area contributed by atoms with Crippen molar-refractivity contribution in [3.63, 3.8) is 0 Å². The lowest BCUT2D eigenvalue weighted by molar-refractivity contribution is 0.0690. The Morgan fingerprint density at radius 3 is 2.55 bits per heavy atom. The molecule has 0 amide bonds. The summed E-state index contributed by atoms with van der Waals surface area (Å²) in [4.78, 5) is 15.6. The van der Waals surface area contributed by atoms with Crippen molar-refractivity contribution in [2.24, 2.45) is 0 Å². The van der Waals surface area contributed by atoms with Crippen LogP contribution in [0.15, 0.2) is 66.7 Å². The Bertz CT molecular complexity index is 1070. The lowest BCUT2D eigenvalue weighted by Crippen LogP contribution is -2.02. The zero-order valence-corrected chi connectivity index (χ0v) is 15.8. The lowest BCUT2D eigenvalue weighted by atomic mass is 9.99. The van der Waals surface area contributed by atoms with E-state index in [0.717, 1.165) is 47.4 Å². The maximum atomic E-state index is 13.0. The van der Waals surface area contributed by atoms with E-state index in [0.29, 0.717) is 6.61 Å². The van der Waals surface area contributed by atoms with Crippen molar-refractivity contribution in [3.8, 4) is 5.75 Å². The van der Waals surface area contributed by atoms with Crippen LogP contribution in [0, 0.1) is 5.82 Å². The molecule has 2 aromatic carbocycles. The SMILES string of the molecule is O=C(O)c1cccc(C2=C(c3cccc(OCc4ccc(F)cc4)c3)CCC2)n1. The van der Waals surface area contributed by atoms with Gasteiger partial charge in [0.2, 0.25) is 0 Å². The summed E-state index contributed by atoms with van der Waals surface area (Å²) >= 11 is 0. The van der Waals surface area contributed by atoms with Crippen molar-refractivity contribution < 1.29 is 19.0 Å². The molecule has 5 heteroatoms. The molecule has 0 unspecified atom stereocenters. The molecule has 0 radical (unpaired) electrons. The average molecular weight is 389 g/mol. The van der Waals surface area contributed by atoms with Crippen LogP contribution in [0.5, 0.6) is 5.75 Å². The summed E-state index contributed by atoms with van der Waals surface area (Å²) < 4.78 is 18.9. The Hall–Kier alpha value is -3.47. The van der Waals surface area contributed by atoms with E-state index in [1.807, 2.05) is 30.3 Å². The highest BCUT2D eigenvalue weighted by atomic mass is 19.1. The second kappa shape index (κ2) is 8.27. The minimum Gasteiger partial charge on any atom is -0.489 e. The number of aromatic nitrogens is 1. The summed E-state index contributed by atoms with van der Waals surface area (Å²) in [5.41, 5.74) is 4.98. The van der Waals surface area contributed by atoms with Gasteiger partial charge in [-0.05, 0) is 77.9 Å². The number of hydrogen-bond donors (Lipinski definition) is 1. The zero-order valence-electron chi connectivity index (χ0n) is 15.8. The molecular formula is C24H20FNO3. The fourth-order valence-corrected chi connectivity index (χ4v) is 3.59. The molecule has 0 bridgehead atoms. The van der Waals surface area contributed by atoms with Crippen LogP contribution in [0.4, 0.5) is 4.39 Å². The van der Waals surface area contributed by atoms with E-state index in [2.05, 4.69) is 4.98 Å². The molecule has 1 aliphatic carbocycles. The zero-order chi connectivity index (χ0) is 20.2. The van der Waals surface area contributed by atoms with Gasteiger partial charge in [-0.25, -0.2) is 14.2 Å². The van der Waals surface area contributed by atoms with Crippen LogP contribution in [-0.4, -0.2) is 16.1 Å². The number of ether oxygens (including phenoxy) is 1. The summed E-state index contributed by atoms with van der Waals surface area (Å²) in [6.07, 6.45) is 2.78. The smallest absolute Gasteiger partial charge is 0.354 e. The molecule has 1 N–H and O–H groups in total. The predicted molar refractivity (Wildman–Crippen MR) is 109 cm³/mol. The van der Waals surface area contributed by atoms with Gasteiger partial charge in [0.1, 0.15) is 23.9 Å². The molecule has 1 heterocycles. The number of carboxylic acids is 1. The summed E-state index contributed by atoms with van der Waals surface area (Å²) in [6, 6.07) is 19.2. The number of halogens is 1. The van der Waals surface area contributed by atoms with E-state index >= 15 is 0 Å². The Morgan fingerprint density at radius 2 is 1.76 bits per heavy atom. The molecule has 4 rings (SSSR count). The third kappa shape index (κ3) is 4.35. The van der Waals surface area contributed by atoms with E-state index in [9.17, 15) is 14.3 Å². The first kappa shape index (κ1) is 18.9. The van der Waals surface area contributed by atoms with Gasteiger partial charge < -0.3 is 9.84 Å². The van der Waals surface area contributed by atoms with Crippen LogP contribution in [0.2, 0.25) is 0 Å². The Balaban J connectivity index is 1.59. The summed E-state index contributed by atoms with van der Waals surface area (Å²) in [6.45, 7) is 0.359. The molecule has 0 spiro atoms. The molecule has 0 atom stereocenters. The van der Waals surface area contributed by atoms with Crippen molar-refractivity contribution in [2.75, 3.05) is 0 Å². The van der Waals surface area contributed by atoms with E-state index in [-0.39, 0.29) is 11.5 Å². The van der Waals surface area contributed by atoms with Gasteiger partial charge in [0.05, 0.1) is 5.69 Å². The summed E-state index contributed by atoms with van der Waals surface area (Å²) in [5, 5.41) is 9.22. The van der Waals surface area contributed by atoms with Crippen molar-refractivity contribution in [2.45, 2.75) is 25.9 Å². The Morgan fingerprint density at radius 1 is 1.00 bits per heavy atom. The molecule has 0 aliphatic heterocycles. The topological polar surface area (TPSA) is 59.4 Å². The summed E-state index contributed by atoms with van der Waals surface area (Å²) in [7, 11) is 0. The normalized spacial score (nSPS) is 13.6. The van der Waals surface area contributed by atoms with Gasteiger partial charge in [-0.15, -0.1) is 0 Å². The fourth-order valence-electron chi connectivity index (χ4n) is 3.59. The van der Waals surface area contributed by atoms with Gasteiger partial charge in [-0.1, -0.05) is 30.3 Å². The molecule has 0 saturated carbocycles. The molecule has 0 fully saturated rings. The van der Waals surface area contributed by atoms with Crippen LogP contribution in [0.3, 0.4) is 0 Å². The maximum Gasteiger partial charge on any atom is 0.354 e. The van der Waals surface area contributed by atoms with Gasteiger partial charge in [0, 0.05) is 0 Å². The number of hydrogen-bond acceptors (Lipinski definition) is 3. The monoisotopic (exact) mass is 389 g/mol. The Kier molecular flexibility index (Phi) is 5.38. The highest BCUT2D eigenvalue weighted by Gasteiger charge is 2.20. The van der Waals surface area contributed by atoms with Crippen LogP contribution < -0.4 is 4.74 Å². The second-order valence-electron chi connectivity index (χ2n) is 6.97. The molecule has 1 aliphatic rings. The minimum absolute atomic E-state index is 0.0534. The first-order valence-corrected chi connectivity index (χ1v) is 9.50. The summed E-state index contributed by atoms with van der Waals surface area (Å²) in [5.74, 6) is -0.557. The van der Waals surface area contributed by atoms with Crippen LogP contribution in [0.1, 0.15) is 46.6 Å². The molecule has 3 aromatic rings. The third-order valence-corrected chi connectivity index (χ3v) is 5.00. The van der Waals surface area contributed by atoms with Crippen molar-refractivity contribution >= 4 is 17.1 Å². The number of benzene rings is 2. The molecular weight excluding hydrogens is 369 g/mol. The molecule has 4 nitrogen and oxygen atoms in total. The van der Waals surface area contributed by atoms with E-state index < -0.39 is 5.97 Å². The van der Waals surface area contributed by atoms with Gasteiger partial charge >= 0.3 is 5.97 Å². The second-order valence-corrected chi connectivity index (χ2v) is 6.97. The van der Waals surface area contributed by atoms with Crippen molar-refractivity contribution in [1.82, 2.24) is 4.98 Å². The number of carbonyl (C=O) groups is 1. The van der Waals surface area contributed by atoms with Crippen LogP contribution in [-0.2, 0) is 6.61 Å². The molecule has 146 valence electrons. The first-order valence-electron chi connectivity index (χ1n) is 9.50. The molecule has 1 aromatic heterocycles. The highest BCUT2D eigenvalue weighted by molar-refractivity contribution is 5.93. The number of allylic oxidation sites excluding steroid dienone is 2. The van der Waals surface area contributed by atoms with Gasteiger partial charge in [-0.3, -0.25) is 0 Å². The number of nitrogens with zero attached hydrogens (tertiary/aromatic N) is 1. The lowest BCUT2D eigenvalue weighted by Gasteiger charge is -2.11. The van der Waals surface area contributed by atoms with Gasteiger partial charge in [0.25, 0.3) is 0 Å². The average Bonchev–Trinajstić information content (AvgIpc) is 3.24. The van der Waals surface area contributed by atoms with Crippen LogP contribution in [0.25, 0.3) is 11.1 Å². The van der Waals surface area contributed by atoms with Crippen molar-refractivity contribution in [1.29, 1.82) is 0 Å². The Labute approximate surface area is 168 Å². The van der Waals surface area contributed by atoms with Gasteiger partial charge in [0.15, 0.2) is 0 Å². The van der Waals surface area contributed by atoms with Gasteiger partial charge in [-0.2, -0.15) is 0 Å². The number of pyridine rings is 1. The maximum absolute atomic E-state index is 13.0. The van der Waals surface area contributed by atoms with E-state index in [4.69, 9.17) is 4.74 Å². The molecule has 29 heavy (non-hydrogen) atoms. The standard InChI is InChI=1S/C24H20FNO3/c25-18-12-10-16(11-13-18)15-29-19-5-1-4-17(14-19)20-6-2-7-21(20)22-8-3-9-23(26-22)24(27)28/h1,3-5,8-14H,2,6-7,15H2,(H,27,28). The van der Waals surface area contributed by atoms with Crippen molar-refractivity contribution in [3.05, 3.63) is 95.1 Å². The van der Waals surface area contributed by atoms with E-state index in [1.165, 1.54) is 23.8 Å². The highest BCUT2D eigenvalue weighted by Crippen LogP contribution is 2.39. The number of rotatable bonds is 6. The molecule has 0 saturated heterocycles. The number of carboxylic acid groups (broad SMARTS) is 1. The van der Waals surface area contributed by atoms with E-state index in [1.54, 1.807) is 18.2 Å². The number of aromatic carboxylic acids is 1. The van der Waals surface area contributed by atoms with Crippen LogP contribution >= 0.6 is 0 Å². The largest absolute Gasteiger partial charge is 0.489 e. The minimum atomic E-state index is -1.02. The predicted octanol–water partition coefficient (Wildman–Crippen LogP) is 5.59. The quantitative estimate of drug-likeness (QED) is 0.597. The third-order valence-electron chi connectivity index (χ3n) is 5.00.